The van der Waals surface area contributed by atoms with Crippen LogP contribution in [-0.4, -0.2) is 4.57 Å². The van der Waals surface area contributed by atoms with Gasteiger partial charge < -0.3 is 0 Å². The lowest BCUT2D eigenvalue weighted by Gasteiger charge is -2.06. The van der Waals surface area contributed by atoms with Crippen molar-refractivity contribution in [2.45, 2.75) is 19.8 Å². The van der Waals surface area contributed by atoms with Crippen molar-refractivity contribution in [2.75, 3.05) is 0 Å². The normalized spacial score (nSPS) is 10.8. The third-order valence-corrected chi connectivity index (χ3v) is 1.89. The third kappa shape index (κ3) is 1.55. The molecule has 1 aromatic rings. The van der Waals surface area contributed by atoms with Crippen molar-refractivity contribution in [2.24, 2.45) is 7.05 Å². The molecule has 0 aromatic carbocycles. The molecule has 3 heteroatoms. The molecule has 0 radical (unpaired) electrons. The van der Waals surface area contributed by atoms with Crippen LogP contribution in [0.2, 0.25) is 0 Å². The molecule has 2 nitrogen and oxygen atoms in total. The van der Waals surface area contributed by atoms with Crippen LogP contribution in [0.4, 0.5) is 4.39 Å². The highest BCUT2D eigenvalue weighted by atomic mass is 19.1. The van der Waals surface area contributed by atoms with E-state index in [1.165, 1.54) is 19.2 Å². The van der Waals surface area contributed by atoms with Crippen LogP contribution < -0.4 is 5.56 Å². The highest BCUT2D eigenvalue weighted by Crippen LogP contribution is 2.12. The molecule has 1 heterocycles. The second kappa shape index (κ2) is 3.09. The lowest BCUT2D eigenvalue weighted by molar-refractivity contribution is 0.511. The lowest BCUT2D eigenvalue weighted by Crippen LogP contribution is -2.19. The van der Waals surface area contributed by atoms with Gasteiger partial charge in [0.1, 0.15) is 0 Å². The monoisotopic (exact) mass is 169 g/mol. The van der Waals surface area contributed by atoms with Crippen molar-refractivity contribution in [3.63, 3.8) is 0 Å². The minimum atomic E-state index is -0.480. The molecule has 12 heavy (non-hydrogen) atoms. The van der Waals surface area contributed by atoms with Gasteiger partial charge in [0.05, 0.1) is 0 Å². The molecule has 0 aliphatic rings. The standard InChI is InChI=1S/C9H12FNO/c1-6(2)7-4-8(10)11(3)9(12)5-7/h4-6H,1-3H3. The summed E-state index contributed by atoms with van der Waals surface area (Å²) >= 11 is 0. The molecule has 0 amide bonds. The maximum Gasteiger partial charge on any atom is 0.252 e. The van der Waals surface area contributed by atoms with Crippen molar-refractivity contribution in [1.82, 2.24) is 4.57 Å². The van der Waals surface area contributed by atoms with Gasteiger partial charge in [0, 0.05) is 13.1 Å². The number of pyridine rings is 1. The van der Waals surface area contributed by atoms with E-state index < -0.39 is 5.95 Å². The first-order chi connectivity index (χ1) is 5.52. The molecule has 1 aromatic heterocycles. The fourth-order valence-corrected chi connectivity index (χ4v) is 0.954. The van der Waals surface area contributed by atoms with E-state index >= 15 is 0 Å². The van der Waals surface area contributed by atoms with E-state index in [1.807, 2.05) is 13.8 Å². The summed E-state index contributed by atoms with van der Waals surface area (Å²) in [6.45, 7) is 3.85. The third-order valence-electron chi connectivity index (χ3n) is 1.89. The largest absolute Gasteiger partial charge is 0.288 e. The molecule has 0 spiro atoms. The number of hydrogen-bond donors (Lipinski definition) is 0. The van der Waals surface area contributed by atoms with Crippen molar-refractivity contribution >= 4 is 0 Å². The Labute approximate surface area is 70.6 Å². The molecule has 0 fully saturated rings. The Balaban J connectivity index is 3.31. The van der Waals surface area contributed by atoms with Gasteiger partial charge in [-0.3, -0.25) is 9.36 Å². The van der Waals surface area contributed by atoms with Crippen molar-refractivity contribution < 1.29 is 4.39 Å². The fourth-order valence-electron chi connectivity index (χ4n) is 0.954. The van der Waals surface area contributed by atoms with Crippen LogP contribution >= 0.6 is 0 Å². The van der Waals surface area contributed by atoms with Crippen molar-refractivity contribution in [3.05, 3.63) is 34.0 Å². The van der Waals surface area contributed by atoms with Gasteiger partial charge in [-0.15, -0.1) is 0 Å². The molecular formula is C9H12FNO. The molecule has 0 saturated carbocycles. The smallest absolute Gasteiger partial charge is 0.252 e. The first-order valence-electron chi connectivity index (χ1n) is 3.89. The summed E-state index contributed by atoms with van der Waals surface area (Å²) in [5.41, 5.74) is 0.453. The molecule has 1 rings (SSSR count). The van der Waals surface area contributed by atoms with Crippen LogP contribution in [-0.2, 0) is 7.05 Å². The van der Waals surface area contributed by atoms with Crippen LogP contribution in [0.25, 0.3) is 0 Å². The molecule has 0 saturated heterocycles. The van der Waals surface area contributed by atoms with Gasteiger partial charge in [0.25, 0.3) is 5.56 Å². The van der Waals surface area contributed by atoms with Crippen LogP contribution in [0.5, 0.6) is 0 Å². The second-order valence-electron chi connectivity index (χ2n) is 3.16. The summed E-state index contributed by atoms with van der Waals surface area (Å²) < 4.78 is 14.0. The average molecular weight is 169 g/mol. The average Bonchev–Trinajstić information content (AvgIpc) is 1.99. The lowest BCUT2D eigenvalue weighted by atomic mass is 10.1. The molecule has 0 N–H and O–H groups in total. The van der Waals surface area contributed by atoms with Gasteiger partial charge in [-0.05, 0) is 17.5 Å². The summed E-state index contributed by atoms with van der Waals surface area (Å²) in [6.07, 6.45) is 0. The highest BCUT2D eigenvalue weighted by molar-refractivity contribution is 5.15. The Hall–Kier alpha value is -1.12. The fraction of sp³-hybridized carbons (Fsp3) is 0.444. The second-order valence-corrected chi connectivity index (χ2v) is 3.16. The zero-order chi connectivity index (χ0) is 9.30. The summed E-state index contributed by atoms with van der Waals surface area (Å²) in [4.78, 5) is 11.1. The van der Waals surface area contributed by atoms with E-state index in [0.717, 1.165) is 10.1 Å². The molecular weight excluding hydrogens is 157 g/mol. The zero-order valence-corrected chi connectivity index (χ0v) is 7.47. The number of nitrogens with zero attached hydrogens (tertiary/aromatic N) is 1. The predicted molar refractivity (Wildman–Crippen MR) is 45.7 cm³/mol. The molecule has 66 valence electrons. The maximum atomic E-state index is 13.0. The molecule has 0 unspecified atom stereocenters. The minimum absolute atomic E-state index is 0.188. The SMILES string of the molecule is CC(C)c1cc(F)n(C)c(=O)c1. The highest BCUT2D eigenvalue weighted by Gasteiger charge is 2.04. The molecule has 0 atom stereocenters. The molecule has 0 aliphatic heterocycles. The Bertz CT molecular complexity index is 341. The van der Waals surface area contributed by atoms with E-state index in [4.69, 9.17) is 0 Å². The van der Waals surface area contributed by atoms with Gasteiger partial charge in [-0.25, -0.2) is 0 Å². The van der Waals surface area contributed by atoms with Gasteiger partial charge >= 0.3 is 0 Å². The predicted octanol–water partition coefficient (Wildman–Crippen LogP) is 1.65. The van der Waals surface area contributed by atoms with Crippen LogP contribution in [0, 0.1) is 5.95 Å². The summed E-state index contributed by atoms with van der Waals surface area (Å²) in [7, 11) is 1.42. The van der Waals surface area contributed by atoms with Crippen molar-refractivity contribution in [1.29, 1.82) is 0 Å². The topological polar surface area (TPSA) is 22.0 Å². The number of rotatable bonds is 1. The van der Waals surface area contributed by atoms with E-state index in [9.17, 15) is 9.18 Å². The summed E-state index contributed by atoms with van der Waals surface area (Å²) in [6, 6.07) is 2.86. The molecule has 0 bridgehead atoms. The Morgan fingerprint density at radius 1 is 1.42 bits per heavy atom. The minimum Gasteiger partial charge on any atom is -0.288 e. The van der Waals surface area contributed by atoms with Crippen LogP contribution in [0.3, 0.4) is 0 Å². The zero-order valence-electron chi connectivity index (χ0n) is 7.47. The van der Waals surface area contributed by atoms with Crippen molar-refractivity contribution in [3.8, 4) is 0 Å². The quantitative estimate of drug-likeness (QED) is 0.586. The van der Waals surface area contributed by atoms with Gasteiger partial charge in [-0.2, -0.15) is 4.39 Å². The van der Waals surface area contributed by atoms with E-state index in [0.29, 0.717) is 0 Å². The first kappa shape index (κ1) is 8.97. The van der Waals surface area contributed by atoms with E-state index in [2.05, 4.69) is 0 Å². The number of halogens is 1. The first-order valence-corrected chi connectivity index (χ1v) is 3.89. The maximum absolute atomic E-state index is 13.0. The number of aromatic nitrogens is 1. The van der Waals surface area contributed by atoms with Crippen LogP contribution in [0.1, 0.15) is 25.3 Å². The number of hydrogen-bond acceptors (Lipinski definition) is 1. The van der Waals surface area contributed by atoms with Crippen LogP contribution in [0.15, 0.2) is 16.9 Å². The Kier molecular flexibility index (Phi) is 2.31. The van der Waals surface area contributed by atoms with E-state index in [1.54, 1.807) is 0 Å². The van der Waals surface area contributed by atoms with Gasteiger partial charge in [0.15, 0.2) is 5.95 Å². The Morgan fingerprint density at radius 3 is 2.42 bits per heavy atom. The van der Waals surface area contributed by atoms with E-state index in [-0.39, 0.29) is 11.5 Å². The van der Waals surface area contributed by atoms with Gasteiger partial charge in [-0.1, -0.05) is 13.8 Å². The summed E-state index contributed by atoms with van der Waals surface area (Å²) in [5.74, 6) is -0.292. The molecule has 0 aliphatic carbocycles. The summed E-state index contributed by atoms with van der Waals surface area (Å²) in [5, 5.41) is 0. The Morgan fingerprint density at radius 2 is 2.00 bits per heavy atom. The van der Waals surface area contributed by atoms with Gasteiger partial charge in [0.2, 0.25) is 0 Å².